The van der Waals surface area contributed by atoms with E-state index in [1.807, 2.05) is 13.8 Å². The highest BCUT2D eigenvalue weighted by atomic mass is 19.4. The smallest absolute Gasteiger partial charge is 0.385 e. The molecule has 0 amide bonds. The van der Waals surface area contributed by atoms with Crippen LogP contribution in [0.3, 0.4) is 0 Å². The van der Waals surface area contributed by atoms with Gasteiger partial charge in [0.05, 0.1) is 11.7 Å². The van der Waals surface area contributed by atoms with E-state index in [1.54, 1.807) is 6.07 Å². The highest BCUT2D eigenvalue weighted by molar-refractivity contribution is 5.52. The second-order valence-electron chi connectivity index (χ2n) is 4.60. The summed E-state index contributed by atoms with van der Waals surface area (Å²) in [5.74, 6) is 0. The van der Waals surface area contributed by atoms with Crippen LogP contribution in [0.2, 0.25) is 0 Å². The number of alkyl halides is 3. The Kier molecular flexibility index (Phi) is 6.15. The molecule has 1 N–H and O–H groups in total. The first-order valence-corrected chi connectivity index (χ1v) is 6.43. The van der Waals surface area contributed by atoms with E-state index in [4.69, 9.17) is 4.74 Å². The molecule has 0 radical (unpaired) electrons. The predicted molar refractivity (Wildman–Crippen MR) is 70.3 cm³/mol. The first kappa shape index (κ1) is 15.8. The molecule has 1 aromatic rings. The molecule has 0 atom stereocenters. The largest absolute Gasteiger partial charge is 0.418 e. The van der Waals surface area contributed by atoms with Crippen LogP contribution in [0.1, 0.15) is 32.3 Å². The molecule has 0 spiro atoms. The number of hydrogen-bond acceptors (Lipinski definition) is 2. The lowest BCUT2D eigenvalue weighted by molar-refractivity contribution is -0.136. The minimum Gasteiger partial charge on any atom is -0.385 e. The summed E-state index contributed by atoms with van der Waals surface area (Å²) in [5.41, 5.74) is -0.479. The summed E-state index contributed by atoms with van der Waals surface area (Å²) in [7, 11) is 0. The van der Waals surface area contributed by atoms with E-state index in [9.17, 15) is 13.2 Å². The number of ether oxygens (including phenoxy) is 1. The van der Waals surface area contributed by atoms with Crippen LogP contribution < -0.4 is 5.32 Å². The quantitative estimate of drug-likeness (QED) is 0.748. The Morgan fingerprint density at radius 2 is 1.84 bits per heavy atom. The number of halogens is 3. The minimum atomic E-state index is -4.32. The van der Waals surface area contributed by atoms with Crippen molar-refractivity contribution >= 4 is 5.69 Å². The summed E-state index contributed by atoms with van der Waals surface area (Å²) >= 11 is 0. The molecular weight excluding hydrogens is 255 g/mol. The van der Waals surface area contributed by atoms with E-state index in [0.717, 1.165) is 18.9 Å². The van der Waals surface area contributed by atoms with Crippen LogP contribution in [0.5, 0.6) is 0 Å². The number of rotatable bonds is 7. The van der Waals surface area contributed by atoms with Crippen molar-refractivity contribution in [3.8, 4) is 0 Å². The molecule has 0 aliphatic carbocycles. The lowest BCUT2D eigenvalue weighted by atomic mass is 10.1. The number of unbranched alkanes of at least 4 members (excludes halogenated alkanes) is 1. The van der Waals surface area contributed by atoms with Crippen LogP contribution in [-0.2, 0) is 10.9 Å². The van der Waals surface area contributed by atoms with Gasteiger partial charge in [0.15, 0.2) is 0 Å². The molecule has 108 valence electrons. The SMILES string of the molecule is CC(C)OCCCCNc1ccccc1C(F)(F)F. The first-order valence-electron chi connectivity index (χ1n) is 6.43. The molecule has 0 aromatic heterocycles. The number of nitrogens with one attached hydrogen (secondary N) is 1. The highest BCUT2D eigenvalue weighted by Gasteiger charge is 2.32. The van der Waals surface area contributed by atoms with Gasteiger partial charge in [-0.15, -0.1) is 0 Å². The van der Waals surface area contributed by atoms with Crippen LogP contribution in [0.4, 0.5) is 18.9 Å². The first-order chi connectivity index (χ1) is 8.91. The zero-order valence-electron chi connectivity index (χ0n) is 11.3. The van der Waals surface area contributed by atoms with Gasteiger partial charge in [-0.3, -0.25) is 0 Å². The van der Waals surface area contributed by atoms with Crippen LogP contribution in [0.25, 0.3) is 0 Å². The van der Waals surface area contributed by atoms with E-state index < -0.39 is 11.7 Å². The summed E-state index contributed by atoms with van der Waals surface area (Å²) < 4.78 is 43.5. The van der Waals surface area contributed by atoms with Crippen molar-refractivity contribution < 1.29 is 17.9 Å². The standard InChI is InChI=1S/C14H20F3NO/c1-11(2)19-10-6-5-9-18-13-8-4-3-7-12(13)14(15,16)17/h3-4,7-8,11,18H,5-6,9-10H2,1-2H3. The number of para-hydroxylation sites is 1. The molecule has 0 saturated carbocycles. The maximum atomic E-state index is 12.7. The van der Waals surface area contributed by atoms with Crippen LogP contribution in [-0.4, -0.2) is 19.3 Å². The molecule has 0 heterocycles. The van der Waals surface area contributed by atoms with E-state index in [1.165, 1.54) is 12.1 Å². The predicted octanol–water partition coefficient (Wildman–Crippen LogP) is 4.32. The number of hydrogen-bond donors (Lipinski definition) is 1. The third-order valence-corrected chi connectivity index (χ3v) is 2.57. The summed E-state index contributed by atoms with van der Waals surface area (Å²) in [5, 5.41) is 2.83. The second kappa shape index (κ2) is 7.38. The van der Waals surface area contributed by atoms with Gasteiger partial charge >= 0.3 is 6.18 Å². The van der Waals surface area contributed by atoms with Gasteiger partial charge in [-0.1, -0.05) is 12.1 Å². The Morgan fingerprint density at radius 3 is 2.47 bits per heavy atom. The van der Waals surface area contributed by atoms with Crippen molar-refractivity contribution in [1.29, 1.82) is 0 Å². The van der Waals surface area contributed by atoms with Crippen LogP contribution >= 0.6 is 0 Å². The third kappa shape index (κ3) is 5.96. The van der Waals surface area contributed by atoms with E-state index >= 15 is 0 Å². The molecule has 1 rings (SSSR count). The summed E-state index contributed by atoms with van der Waals surface area (Å²) in [6.07, 6.45) is -2.51. The zero-order valence-corrected chi connectivity index (χ0v) is 11.3. The van der Waals surface area contributed by atoms with Gasteiger partial charge in [-0.25, -0.2) is 0 Å². The Hall–Kier alpha value is -1.23. The van der Waals surface area contributed by atoms with Crippen molar-refractivity contribution in [2.75, 3.05) is 18.5 Å². The summed E-state index contributed by atoms with van der Waals surface area (Å²) in [6.45, 7) is 5.06. The van der Waals surface area contributed by atoms with Crippen molar-refractivity contribution in [3.05, 3.63) is 29.8 Å². The topological polar surface area (TPSA) is 21.3 Å². The summed E-state index contributed by atoms with van der Waals surface area (Å²) in [6, 6.07) is 5.53. The van der Waals surface area contributed by atoms with Crippen molar-refractivity contribution in [1.82, 2.24) is 0 Å². The summed E-state index contributed by atoms with van der Waals surface area (Å²) in [4.78, 5) is 0. The second-order valence-corrected chi connectivity index (χ2v) is 4.60. The van der Waals surface area contributed by atoms with Gasteiger partial charge < -0.3 is 10.1 Å². The fourth-order valence-electron chi connectivity index (χ4n) is 1.65. The van der Waals surface area contributed by atoms with Crippen LogP contribution in [0.15, 0.2) is 24.3 Å². The Morgan fingerprint density at radius 1 is 1.16 bits per heavy atom. The fourth-order valence-corrected chi connectivity index (χ4v) is 1.65. The van der Waals surface area contributed by atoms with E-state index in [0.29, 0.717) is 13.2 Å². The van der Waals surface area contributed by atoms with E-state index in [2.05, 4.69) is 5.32 Å². The van der Waals surface area contributed by atoms with E-state index in [-0.39, 0.29) is 11.8 Å². The molecule has 2 nitrogen and oxygen atoms in total. The molecule has 5 heteroatoms. The number of anilines is 1. The molecule has 0 saturated heterocycles. The third-order valence-electron chi connectivity index (χ3n) is 2.57. The van der Waals surface area contributed by atoms with Gasteiger partial charge in [0.2, 0.25) is 0 Å². The minimum absolute atomic E-state index is 0.139. The molecular formula is C14H20F3NO. The van der Waals surface area contributed by atoms with Gasteiger partial charge in [0.1, 0.15) is 0 Å². The van der Waals surface area contributed by atoms with Crippen molar-refractivity contribution in [3.63, 3.8) is 0 Å². The van der Waals surface area contributed by atoms with Gasteiger partial charge in [-0.05, 0) is 38.8 Å². The maximum Gasteiger partial charge on any atom is 0.418 e. The lowest BCUT2D eigenvalue weighted by Crippen LogP contribution is -2.12. The molecule has 0 bridgehead atoms. The molecule has 0 aliphatic heterocycles. The molecule has 19 heavy (non-hydrogen) atoms. The highest BCUT2D eigenvalue weighted by Crippen LogP contribution is 2.34. The molecule has 0 unspecified atom stereocenters. The molecule has 0 fully saturated rings. The Balaban J connectivity index is 2.37. The maximum absolute atomic E-state index is 12.7. The van der Waals surface area contributed by atoms with Gasteiger partial charge in [0.25, 0.3) is 0 Å². The Labute approximate surface area is 112 Å². The van der Waals surface area contributed by atoms with Crippen molar-refractivity contribution in [2.24, 2.45) is 0 Å². The normalized spacial score (nSPS) is 11.9. The van der Waals surface area contributed by atoms with Crippen LogP contribution in [0, 0.1) is 0 Å². The fraction of sp³-hybridized carbons (Fsp3) is 0.571. The molecule has 1 aromatic carbocycles. The Bertz CT molecular complexity index is 377. The monoisotopic (exact) mass is 275 g/mol. The average molecular weight is 275 g/mol. The zero-order chi connectivity index (χ0) is 14.3. The lowest BCUT2D eigenvalue weighted by Gasteiger charge is -2.14. The average Bonchev–Trinajstić information content (AvgIpc) is 2.32. The van der Waals surface area contributed by atoms with Gasteiger partial charge in [-0.2, -0.15) is 13.2 Å². The number of benzene rings is 1. The van der Waals surface area contributed by atoms with Crippen molar-refractivity contribution in [2.45, 2.75) is 39.0 Å². The molecule has 0 aliphatic rings. The van der Waals surface area contributed by atoms with Gasteiger partial charge in [0, 0.05) is 18.8 Å².